The van der Waals surface area contributed by atoms with Gasteiger partial charge < -0.3 is 10.8 Å². The van der Waals surface area contributed by atoms with Crippen molar-refractivity contribution in [2.45, 2.75) is 6.04 Å². The minimum atomic E-state index is -1.12. The first-order valence-corrected chi connectivity index (χ1v) is 3.05. The van der Waals surface area contributed by atoms with Gasteiger partial charge in [-0.3, -0.25) is 4.79 Å². The Morgan fingerprint density at radius 3 is 2.78 bits per heavy atom. The molecule has 0 bridgehead atoms. The monoisotopic (exact) mass is 150 g/mol. The lowest BCUT2D eigenvalue weighted by Gasteiger charge is -1.98. The van der Waals surface area contributed by atoms with Crippen LogP contribution in [0.5, 0.6) is 0 Å². The number of carbonyl (C=O) groups is 1. The lowest BCUT2D eigenvalue weighted by atomic mass is 10.4. The van der Waals surface area contributed by atoms with E-state index in [1.54, 1.807) is 0 Å². The Morgan fingerprint density at radius 2 is 2.44 bits per heavy atom. The lowest BCUT2D eigenvalue weighted by molar-refractivity contribution is -0.137. The third-order valence-electron chi connectivity index (χ3n) is 0.624. The smallest absolute Gasteiger partial charge is 0.321 e. The van der Waals surface area contributed by atoms with E-state index in [9.17, 15) is 9.70 Å². The van der Waals surface area contributed by atoms with Gasteiger partial charge in [-0.15, -0.1) is 4.91 Å². The molecule has 0 spiro atoms. The van der Waals surface area contributed by atoms with Gasteiger partial charge >= 0.3 is 5.97 Å². The van der Waals surface area contributed by atoms with Gasteiger partial charge in [0.25, 0.3) is 0 Å². The van der Waals surface area contributed by atoms with Crippen molar-refractivity contribution >= 4 is 17.9 Å². The van der Waals surface area contributed by atoms with E-state index in [4.69, 9.17) is 10.8 Å². The van der Waals surface area contributed by atoms with Crippen LogP contribution in [0.3, 0.4) is 0 Å². The molecular weight excluding hydrogens is 144 g/mol. The van der Waals surface area contributed by atoms with Gasteiger partial charge in [0, 0.05) is 22.3 Å². The van der Waals surface area contributed by atoms with Crippen LogP contribution in [0.15, 0.2) is 4.58 Å². The Hall–Kier alpha value is -0.620. The van der Waals surface area contributed by atoms with E-state index < -0.39 is 12.0 Å². The topological polar surface area (TPSA) is 92.8 Å². The molecule has 0 aliphatic rings. The van der Waals surface area contributed by atoms with E-state index in [-0.39, 0.29) is 5.75 Å². The zero-order chi connectivity index (χ0) is 7.28. The zero-order valence-electron chi connectivity index (χ0n) is 4.48. The van der Waals surface area contributed by atoms with Gasteiger partial charge in [-0.05, 0) is 0 Å². The molecule has 0 fully saturated rings. The van der Waals surface area contributed by atoms with Crippen LogP contribution in [0.25, 0.3) is 0 Å². The quantitative estimate of drug-likeness (QED) is 0.428. The number of nitrogens with zero attached hydrogens (tertiary/aromatic N) is 1. The molecule has 0 saturated carbocycles. The lowest BCUT2D eigenvalue weighted by Crippen LogP contribution is -2.32. The molecule has 0 heterocycles. The van der Waals surface area contributed by atoms with Crippen molar-refractivity contribution < 1.29 is 9.90 Å². The molecule has 5 nitrogen and oxygen atoms in total. The molecule has 0 aromatic rings. The Balaban J connectivity index is 3.37. The average Bonchev–Trinajstić information content (AvgIpc) is 1.82. The second-order valence-corrected chi connectivity index (χ2v) is 2.06. The Kier molecular flexibility index (Phi) is 3.98. The van der Waals surface area contributed by atoms with E-state index in [0.717, 1.165) is 0 Å². The summed E-state index contributed by atoms with van der Waals surface area (Å²) in [6.07, 6.45) is 0. The summed E-state index contributed by atoms with van der Waals surface area (Å²) in [5, 5.41) is 8.13. The van der Waals surface area contributed by atoms with E-state index in [1.807, 2.05) is 0 Å². The van der Waals surface area contributed by atoms with E-state index in [1.165, 1.54) is 0 Å². The molecule has 1 atom stereocenters. The van der Waals surface area contributed by atoms with Gasteiger partial charge in [0.2, 0.25) is 0 Å². The fourth-order valence-corrected chi connectivity index (χ4v) is 0.546. The summed E-state index contributed by atoms with van der Waals surface area (Å²) in [4.78, 5) is 19.3. The second kappa shape index (κ2) is 4.28. The number of carboxylic acids is 1. The van der Waals surface area contributed by atoms with E-state index in [0.29, 0.717) is 11.9 Å². The number of carboxylic acid groups (broad SMARTS) is 1. The summed E-state index contributed by atoms with van der Waals surface area (Å²) in [5.41, 5.74) is 4.98. The van der Waals surface area contributed by atoms with Crippen LogP contribution in [0.2, 0.25) is 0 Å². The van der Waals surface area contributed by atoms with Crippen LogP contribution in [-0.2, 0) is 4.79 Å². The molecule has 0 aliphatic carbocycles. The number of rotatable bonds is 4. The molecule has 0 rings (SSSR count). The van der Waals surface area contributed by atoms with Crippen LogP contribution >= 0.6 is 11.9 Å². The van der Waals surface area contributed by atoms with Crippen LogP contribution in [0.4, 0.5) is 0 Å². The predicted molar refractivity (Wildman–Crippen MR) is 33.9 cm³/mol. The molecule has 0 radical (unpaired) electrons. The van der Waals surface area contributed by atoms with Gasteiger partial charge in [0.05, 0.1) is 0 Å². The molecule has 52 valence electrons. The zero-order valence-corrected chi connectivity index (χ0v) is 5.30. The van der Waals surface area contributed by atoms with E-state index >= 15 is 0 Å². The van der Waals surface area contributed by atoms with Gasteiger partial charge in [-0.2, -0.15) is 0 Å². The number of nitrogens with two attached hydrogens (primary N) is 1. The van der Waals surface area contributed by atoms with Crippen molar-refractivity contribution in [1.29, 1.82) is 0 Å². The molecule has 0 aliphatic heterocycles. The highest BCUT2D eigenvalue weighted by Gasteiger charge is 2.10. The van der Waals surface area contributed by atoms with Crippen molar-refractivity contribution in [3.8, 4) is 0 Å². The van der Waals surface area contributed by atoms with Gasteiger partial charge in [0.1, 0.15) is 6.04 Å². The largest absolute Gasteiger partial charge is 0.480 e. The first kappa shape index (κ1) is 8.38. The van der Waals surface area contributed by atoms with Crippen molar-refractivity contribution in [3.63, 3.8) is 0 Å². The maximum atomic E-state index is 9.92. The van der Waals surface area contributed by atoms with Crippen LogP contribution < -0.4 is 5.73 Å². The highest BCUT2D eigenvalue weighted by molar-refractivity contribution is 7.97. The first-order valence-electron chi connectivity index (χ1n) is 2.11. The molecule has 0 amide bonds. The van der Waals surface area contributed by atoms with Crippen molar-refractivity contribution in [3.05, 3.63) is 4.91 Å². The number of nitroso groups, excluding NO2 is 1. The summed E-state index contributed by atoms with van der Waals surface area (Å²) >= 11 is 0.608. The third kappa shape index (κ3) is 3.92. The summed E-state index contributed by atoms with van der Waals surface area (Å²) < 4.78 is 2.38. The van der Waals surface area contributed by atoms with Crippen molar-refractivity contribution in [2.75, 3.05) is 5.75 Å². The maximum Gasteiger partial charge on any atom is 0.321 e. The fraction of sp³-hybridized carbons (Fsp3) is 0.667. The summed E-state index contributed by atoms with van der Waals surface area (Å²) in [7, 11) is 0. The third-order valence-corrected chi connectivity index (χ3v) is 1.24. The SMILES string of the molecule is N[C@H](CSN=O)C(=O)O. The predicted octanol–water partition coefficient (Wildman–Crippen LogP) is -0.187. The molecule has 9 heavy (non-hydrogen) atoms. The number of hydrogen-bond acceptors (Lipinski definition) is 5. The molecule has 0 unspecified atom stereocenters. The molecular formula is C3H6N2O3S. The minimum absolute atomic E-state index is 0.0266. The minimum Gasteiger partial charge on any atom is -0.480 e. The van der Waals surface area contributed by atoms with Gasteiger partial charge in [-0.1, -0.05) is 0 Å². The molecule has 0 saturated heterocycles. The van der Waals surface area contributed by atoms with E-state index in [2.05, 4.69) is 4.58 Å². The summed E-state index contributed by atoms with van der Waals surface area (Å²) in [5.74, 6) is -1.09. The highest BCUT2D eigenvalue weighted by atomic mass is 32.2. The number of aliphatic carboxylic acids is 1. The van der Waals surface area contributed by atoms with Crippen molar-refractivity contribution in [2.24, 2.45) is 10.3 Å². The average molecular weight is 150 g/mol. The number of hydrogen-bond donors (Lipinski definition) is 2. The van der Waals surface area contributed by atoms with Gasteiger partial charge in [-0.25, -0.2) is 0 Å². The molecule has 0 aromatic carbocycles. The van der Waals surface area contributed by atoms with Gasteiger partial charge in [0.15, 0.2) is 0 Å². The summed E-state index contributed by atoms with van der Waals surface area (Å²) in [6, 6.07) is -0.993. The Labute approximate surface area is 55.7 Å². The standard InChI is InChI=1S/C3H6N2O3S/c4-2(3(6)7)1-9-5-8/h2H,1,4H2,(H,6,7)/t2-/m1/s1. The first-order chi connectivity index (χ1) is 4.18. The van der Waals surface area contributed by atoms with Crippen LogP contribution in [0, 0.1) is 4.91 Å². The molecule has 6 heteroatoms. The second-order valence-electron chi connectivity index (χ2n) is 1.32. The Morgan fingerprint density at radius 1 is 1.89 bits per heavy atom. The van der Waals surface area contributed by atoms with Crippen LogP contribution in [0.1, 0.15) is 0 Å². The Bertz CT molecular complexity index is 118. The highest BCUT2D eigenvalue weighted by Crippen LogP contribution is 2.00. The normalized spacial score (nSPS) is 12.6. The molecule has 3 N–H and O–H groups in total. The fourth-order valence-electron chi connectivity index (χ4n) is 0.182. The molecule has 0 aromatic heterocycles. The van der Waals surface area contributed by atoms with Crippen LogP contribution in [-0.4, -0.2) is 22.9 Å². The van der Waals surface area contributed by atoms with Crippen molar-refractivity contribution in [1.82, 2.24) is 0 Å². The maximum absolute atomic E-state index is 9.92. The summed E-state index contributed by atoms with van der Waals surface area (Å²) in [6.45, 7) is 0.